The van der Waals surface area contributed by atoms with Crippen molar-refractivity contribution in [2.24, 2.45) is 0 Å². The largest absolute Gasteiger partial charge is 0.391 e. The fourth-order valence-electron chi connectivity index (χ4n) is 3.20. The van der Waals surface area contributed by atoms with Crippen molar-refractivity contribution in [1.29, 1.82) is 0 Å². The van der Waals surface area contributed by atoms with Gasteiger partial charge in [0, 0.05) is 6.54 Å². The van der Waals surface area contributed by atoms with Gasteiger partial charge in [-0.05, 0) is 30.4 Å². The molecule has 20 heavy (non-hydrogen) atoms. The monoisotopic (exact) mass is 274 g/mol. The van der Waals surface area contributed by atoms with E-state index in [1.54, 1.807) is 0 Å². The number of aliphatic hydroxyl groups excluding tert-OH is 1. The number of hydrogen-bond donors (Lipinski definition) is 3. The van der Waals surface area contributed by atoms with Crippen LogP contribution in [-0.4, -0.2) is 29.2 Å². The lowest BCUT2D eigenvalue weighted by Gasteiger charge is -2.31. The molecule has 0 radical (unpaired) electrons. The summed E-state index contributed by atoms with van der Waals surface area (Å²) >= 11 is 0. The minimum atomic E-state index is -0.386. The standard InChI is InChI=1S/C16H22N2O2/c19-15-8-4-3-7-13(15)18-16(20)14-9-11-5-1-2-6-12(11)10-17-14/h1-2,5-6,13-15,17,19H,3-4,7-10H2,(H,18,20)/t13-,14?,15-/m0/s1. The normalized spacial score (nSPS) is 29.6. The molecule has 0 bridgehead atoms. The molecule has 1 aromatic carbocycles. The van der Waals surface area contributed by atoms with Crippen LogP contribution in [0.3, 0.4) is 0 Å². The molecular weight excluding hydrogens is 252 g/mol. The second-order valence-corrected chi connectivity index (χ2v) is 5.87. The molecular formula is C16H22N2O2. The van der Waals surface area contributed by atoms with Crippen molar-refractivity contribution in [2.45, 2.75) is 56.8 Å². The van der Waals surface area contributed by atoms with Crippen LogP contribution >= 0.6 is 0 Å². The van der Waals surface area contributed by atoms with E-state index in [9.17, 15) is 9.90 Å². The molecule has 0 spiro atoms. The summed E-state index contributed by atoms with van der Waals surface area (Å²) in [4.78, 5) is 12.3. The topological polar surface area (TPSA) is 61.4 Å². The number of benzene rings is 1. The average molecular weight is 274 g/mol. The van der Waals surface area contributed by atoms with Crippen LogP contribution in [0.4, 0.5) is 0 Å². The fourth-order valence-corrected chi connectivity index (χ4v) is 3.20. The van der Waals surface area contributed by atoms with Crippen molar-refractivity contribution >= 4 is 5.91 Å². The Morgan fingerprint density at radius 2 is 1.95 bits per heavy atom. The molecule has 4 nitrogen and oxygen atoms in total. The van der Waals surface area contributed by atoms with Gasteiger partial charge in [-0.3, -0.25) is 4.79 Å². The molecule has 3 N–H and O–H groups in total. The van der Waals surface area contributed by atoms with Crippen LogP contribution < -0.4 is 10.6 Å². The third kappa shape index (κ3) is 2.86. The van der Waals surface area contributed by atoms with Crippen LogP contribution in [-0.2, 0) is 17.8 Å². The van der Waals surface area contributed by atoms with Gasteiger partial charge in [-0.15, -0.1) is 0 Å². The van der Waals surface area contributed by atoms with Crippen molar-refractivity contribution < 1.29 is 9.90 Å². The first kappa shape index (κ1) is 13.6. The maximum Gasteiger partial charge on any atom is 0.237 e. The summed E-state index contributed by atoms with van der Waals surface area (Å²) in [6.45, 7) is 0.738. The van der Waals surface area contributed by atoms with E-state index in [1.165, 1.54) is 11.1 Å². The maximum atomic E-state index is 12.3. The Labute approximate surface area is 119 Å². The van der Waals surface area contributed by atoms with Gasteiger partial charge < -0.3 is 15.7 Å². The molecule has 1 aliphatic heterocycles. The summed E-state index contributed by atoms with van der Waals surface area (Å²) in [5.74, 6) is 0.0189. The van der Waals surface area contributed by atoms with E-state index in [2.05, 4.69) is 22.8 Å². The number of carbonyl (C=O) groups excluding carboxylic acids is 1. The van der Waals surface area contributed by atoms with Crippen molar-refractivity contribution in [1.82, 2.24) is 10.6 Å². The zero-order valence-corrected chi connectivity index (χ0v) is 11.6. The summed E-state index contributed by atoms with van der Waals surface area (Å²) in [5.41, 5.74) is 2.52. The van der Waals surface area contributed by atoms with Gasteiger partial charge in [0.1, 0.15) is 0 Å². The molecule has 1 unspecified atom stereocenters. The van der Waals surface area contributed by atoms with E-state index in [-0.39, 0.29) is 24.1 Å². The van der Waals surface area contributed by atoms with E-state index in [0.29, 0.717) is 0 Å². The van der Waals surface area contributed by atoms with Gasteiger partial charge in [0.15, 0.2) is 0 Å². The lowest BCUT2D eigenvalue weighted by Crippen LogP contribution is -2.53. The number of amides is 1. The SMILES string of the molecule is O=C(N[C@H]1CCCC[C@@H]1O)C1Cc2ccccc2CN1. The van der Waals surface area contributed by atoms with Crippen molar-refractivity contribution in [2.75, 3.05) is 0 Å². The van der Waals surface area contributed by atoms with Gasteiger partial charge in [-0.25, -0.2) is 0 Å². The van der Waals surface area contributed by atoms with Crippen LogP contribution in [0.25, 0.3) is 0 Å². The van der Waals surface area contributed by atoms with E-state index in [4.69, 9.17) is 0 Å². The Hall–Kier alpha value is -1.39. The lowest BCUT2D eigenvalue weighted by molar-refractivity contribution is -0.125. The first-order valence-electron chi connectivity index (χ1n) is 7.52. The van der Waals surface area contributed by atoms with Crippen LogP contribution in [0.2, 0.25) is 0 Å². The van der Waals surface area contributed by atoms with Crippen LogP contribution in [0.15, 0.2) is 24.3 Å². The summed E-state index contributed by atoms with van der Waals surface area (Å²) in [6, 6.07) is 7.98. The van der Waals surface area contributed by atoms with E-state index < -0.39 is 0 Å². The number of nitrogens with one attached hydrogen (secondary N) is 2. The molecule has 1 fully saturated rings. The lowest BCUT2D eigenvalue weighted by atomic mass is 9.91. The third-order valence-corrected chi connectivity index (χ3v) is 4.45. The first-order chi connectivity index (χ1) is 9.74. The molecule has 4 heteroatoms. The third-order valence-electron chi connectivity index (χ3n) is 4.45. The molecule has 108 valence electrons. The molecule has 3 atom stereocenters. The Balaban J connectivity index is 1.61. The molecule has 1 heterocycles. The highest BCUT2D eigenvalue weighted by molar-refractivity contribution is 5.82. The predicted molar refractivity (Wildman–Crippen MR) is 77.2 cm³/mol. The summed E-state index contributed by atoms with van der Waals surface area (Å²) < 4.78 is 0. The zero-order chi connectivity index (χ0) is 13.9. The molecule has 1 amide bonds. The van der Waals surface area contributed by atoms with Crippen LogP contribution in [0.1, 0.15) is 36.8 Å². The molecule has 1 aliphatic carbocycles. The molecule has 3 rings (SSSR count). The molecule has 0 aromatic heterocycles. The van der Waals surface area contributed by atoms with Crippen molar-refractivity contribution in [3.63, 3.8) is 0 Å². The first-order valence-corrected chi connectivity index (χ1v) is 7.52. The van der Waals surface area contributed by atoms with Gasteiger partial charge in [-0.2, -0.15) is 0 Å². The van der Waals surface area contributed by atoms with E-state index in [1.807, 2.05) is 12.1 Å². The Morgan fingerprint density at radius 3 is 2.75 bits per heavy atom. The van der Waals surface area contributed by atoms with E-state index in [0.717, 1.165) is 38.6 Å². The minimum absolute atomic E-state index is 0.0189. The summed E-state index contributed by atoms with van der Waals surface area (Å²) in [7, 11) is 0. The molecule has 0 saturated heterocycles. The number of rotatable bonds is 2. The van der Waals surface area contributed by atoms with Gasteiger partial charge in [0.2, 0.25) is 5.91 Å². The second-order valence-electron chi connectivity index (χ2n) is 5.87. The van der Waals surface area contributed by atoms with Crippen LogP contribution in [0, 0.1) is 0 Å². The zero-order valence-electron chi connectivity index (χ0n) is 11.6. The fraction of sp³-hybridized carbons (Fsp3) is 0.562. The van der Waals surface area contributed by atoms with Crippen molar-refractivity contribution in [3.8, 4) is 0 Å². The molecule has 1 aromatic rings. The highest BCUT2D eigenvalue weighted by Crippen LogP contribution is 2.20. The minimum Gasteiger partial charge on any atom is -0.391 e. The molecule has 2 aliphatic rings. The molecule has 1 saturated carbocycles. The quantitative estimate of drug-likeness (QED) is 0.757. The number of carbonyl (C=O) groups is 1. The Kier molecular flexibility index (Phi) is 4.03. The Bertz CT molecular complexity index is 489. The maximum absolute atomic E-state index is 12.3. The number of hydrogen-bond acceptors (Lipinski definition) is 3. The summed E-state index contributed by atoms with van der Waals surface area (Å²) in [5, 5.41) is 16.2. The number of aliphatic hydroxyl groups is 1. The number of fused-ring (bicyclic) bond motifs is 1. The highest BCUT2D eigenvalue weighted by Gasteiger charge is 2.29. The smallest absolute Gasteiger partial charge is 0.237 e. The average Bonchev–Trinajstić information content (AvgIpc) is 2.49. The Morgan fingerprint density at radius 1 is 1.20 bits per heavy atom. The van der Waals surface area contributed by atoms with Gasteiger partial charge in [0.25, 0.3) is 0 Å². The van der Waals surface area contributed by atoms with Gasteiger partial charge in [0.05, 0.1) is 18.2 Å². The highest BCUT2D eigenvalue weighted by atomic mass is 16.3. The van der Waals surface area contributed by atoms with Gasteiger partial charge in [-0.1, -0.05) is 37.1 Å². The van der Waals surface area contributed by atoms with Crippen LogP contribution in [0.5, 0.6) is 0 Å². The summed E-state index contributed by atoms with van der Waals surface area (Å²) in [6.07, 6.45) is 4.17. The van der Waals surface area contributed by atoms with Gasteiger partial charge >= 0.3 is 0 Å². The predicted octanol–water partition coefficient (Wildman–Crippen LogP) is 1.12. The van der Waals surface area contributed by atoms with E-state index >= 15 is 0 Å². The second kappa shape index (κ2) is 5.94. The van der Waals surface area contributed by atoms with Crippen molar-refractivity contribution in [3.05, 3.63) is 35.4 Å².